The Morgan fingerprint density at radius 2 is 1.25 bits per heavy atom. The van der Waals surface area contributed by atoms with E-state index in [0.29, 0.717) is 11.6 Å². The molecule has 18 heteroatoms. The molecule has 0 atom stereocenters. The predicted octanol–water partition coefficient (Wildman–Crippen LogP) is -6.69. The van der Waals surface area contributed by atoms with Crippen molar-refractivity contribution in [1.82, 2.24) is 4.90 Å². The van der Waals surface area contributed by atoms with E-state index >= 15 is 0 Å². The van der Waals surface area contributed by atoms with Crippen LogP contribution < -0.4 is 126 Å². The summed E-state index contributed by atoms with van der Waals surface area (Å²) in [5.74, 6) is 4.12. The van der Waals surface area contributed by atoms with Crippen LogP contribution in [0, 0.1) is 11.6 Å². The molecule has 0 aromatic carbocycles. The Kier molecular flexibility index (Phi) is 105. The van der Waals surface area contributed by atoms with Crippen molar-refractivity contribution >= 4 is 47.7 Å². The molecule has 238 valence electrons. The number of halogens is 4. The van der Waals surface area contributed by atoms with Crippen LogP contribution in [-0.2, 0) is 14.5 Å². The molecule has 0 unspecified atom stereocenters. The number of ketones is 1. The van der Waals surface area contributed by atoms with E-state index in [1.807, 2.05) is 6.92 Å². The molecule has 0 aliphatic rings. The van der Waals surface area contributed by atoms with Gasteiger partial charge in [-0.3, -0.25) is 9.59 Å². The summed E-state index contributed by atoms with van der Waals surface area (Å²) in [6.45, 7) is 25.6. The number of Topliss-reactive ketones (excluding diaryl/α,β-unsaturated/α-hetero) is 1. The zero-order chi connectivity index (χ0) is 30.0. The van der Waals surface area contributed by atoms with Gasteiger partial charge in [0.1, 0.15) is 23.9 Å². The molecule has 0 spiro atoms. The standard InChI is InChI=1S/C9H20N2O.C6H15N.C3H6ClNO.C3H6ClO.CH2O3.2ClH.2K.H3NO.H/c1-5-11(6-2,7-3)8-9(4)10-12;1-4-7(5-2)6-3;1-3(2-4)5-6;1-3(5)2-4;2-1-4-3;;;;;1-2;/h5-8H2,1-4H3;4-6H2,1-3H3;6H,2H2,1H3;4H,2H2,1H3;1,3H;2*1H;;;2H,1H2;/q;;;+1;;;;2*+1;;-1/p-1/b10-9-;;5-3-;;;;;;;;. The first-order valence-corrected chi connectivity index (χ1v) is 12.6. The molecule has 0 aliphatic heterocycles. The van der Waals surface area contributed by atoms with E-state index in [0.717, 1.165) is 36.4 Å². The molecule has 0 fully saturated rings. The van der Waals surface area contributed by atoms with Gasteiger partial charge in [0.15, 0.2) is 5.78 Å². The first kappa shape index (κ1) is 69.2. The topological polar surface area (TPSA) is 181 Å². The van der Waals surface area contributed by atoms with Crippen molar-refractivity contribution in [3.8, 4) is 0 Å². The summed E-state index contributed by atoms with van der Waals surface area (Å²) in [6, 6.07) is 0. The van der Waals surface area contributed by atoms with Crippen LogP contribution in [0.2, 0.25) is 0 Å². The Morgan fingerprint density at radius 3 is 1.32 bits per heavy atom. The van der Waals surface area contributed by atoms with Gasteiger partial charge in [-0.05, 0) is 54.3 Å². The van der Waals surface area contributed by atoms with Crippen LogP contribution in [0.3, 0.4) is 0 Å². The van der Waals surface area contributed by atoms with E-state index < -0.39 is 0 Å². The number of oxime groups is 2. The molecule has 0 radical (unpaired) electrons. The van der Waals surface area contributed by atoms with Gasteiger partial charge in [0, 0.05) is 6.92 Å². The van der Waals surface area contributed by atoms with Crippen LogP contribution in [0.15, 0.2) is 10.3 Å². The fourth-order valence-electron chi connectivity index (χ4n) is 2.22. The second-order valence-electron chi connectivity index (χ2n) is 6.91. The van der Waals surface area contributed by atoms with Gasteiger partial charge in [0.05, 0.1) is 31.2 Å². The normalized spacial score (nSPS) is 9.28. The first-order chi connectivity index (χ1) is 17.0. The first-order valence-electron chi connectivity index (χ1n) is 11.5. The zero-order valence-electron chi connectivity index (χ0n) is 27.4. The number of rotatable bonds is 11. The third-order valence-corrected chi connectivity index (χ3v) is 5.49. The number of nitrogens with zero attached hydrogens (tertiary/aromatic N) is 4. The van der Waals surface area contributed by atoms with Gasteiger partial charge < -0.3 is 49.0 Å². The monoisotopic (exact) mass is 718 g/mol. The second kappa shape index (κ2) is 60.5. The molecule has 0 aliphatic carbocycles. The summed E-state index contributed by atoms with van der Waals surface area (Å²) in [5.41, 5.74) is 1.36. The minimum Gasteiger partial charge on any atom is -1.00 e. The van der Waals surface area contributed by atoms with Gasteiger partial charge in [0.2, 0.25) is 5.88 Å². The smallest absolute Gasteiger partial charge is 1.00 e. The van der Waals surface area contributed by atoms with Gasteiger partial charge in [-0.15, -0.1) is 24.0 Å². The number of alkyl halides is 2. The minimum absolute atomic E-state index is 0. The van der Waals surface area contributed by atoms with Gasteiger partial charge >= 0.3 is 103 Å². The number of hydrogen-bond acceptors (Lipinski definition) is 11. The van der Waals surface area contributed by atoms with Crippen molar-refractivity contribution < 1.29 is 168 Å². The molecule has 0 saturated carbocycles. The Bertz CT molecular complexity index is 519. The van der Waals surface area contributed by atoms with E-state index in [9.17, 15) is 4.79 Å². The van der Waals surface area contributed by atoms with Crippen molar-refractivity contribution in [3.63, 3.8) is 0 Å². The van der Waals surface area contributed by atoms with Crippen LogP contribution in [-0.4, -0.2) is 106 Å². The molecule has 0 aromatic heterocycles. The molecule has 0 saturated heterocycles. The summed E-state index contributed by atoms with van der Waals surface area (Å²) in [7, 11) is 0. The van der Waals surface area contributed by atoms with E-state index in [2.05, 4.69) is 79.1 Å². The van der Waals surface area contributed by atoms with Crippen LogP contribution in [0.1, 0.15) is 63.7 Å². The fourth-order valence-corrected chi connectivity index (χ4v) is 2.27. The Morgan fingerprint density at radius 1 is 0.975 bits per heavy atom. The molecule has 0 heterocycles. The molecule has 0 rings (SSSR count). The predicted molar refractivity (Wildman–Crippen MR) is 149 cm³/mol. The number of carbonyl (C=O) groups excluding carboxylic acids is 2. The molecular formula is C22H54Cl4K2N5O7+. The summed E-state index contributed by atoms with van der Waals surface area (Å²) in [6.07, 6.45) is 0. The summed E-state index contributed by atoms with van der Waals surface area (Å²) in [4.78, 5) is 23.3. The van der Waals surface area contributed by atoms with E-state index in [1.165, 1.54) is 26.6 Å². The number of hydrogen-bond donors (Lipinski definition) is 4. The van der Waals surface area contributed by atoms with Crippen molar-refractivity contribution in [2.45, 2.75) is 62.3 Å². The van der Waals surface area contributed by atoms with Crippen molar-refractivity contribution in [1.29, 1.82) is 0 Å². The van der Waals surface area contributed by atoms with Crippen molar-refractivity contribution in [3.05, 3.63) is 0 Å². The average Bonchev–Trinajstić information content (AvgIpc) is 2.94. The molecule has 0 aromatic rings. The van der Waals surface area contributed by atoms with Crippen LogP contribution in [0.25, 0.3) is 0 Å². The number of quaternary nitrogens is 1. The van der Waals surface area contributed by atoms with Crippen LogP contribution in [0.4, 0.5) is 0 Å². The Labute approximate surface area is 351 Å². The van der Waals surface area contributed by atoms with E-state index in [4.69, 9.17) is 37.3 Å². The number of nitrogens with two attached hydrogens (primary N) is 1. The van der Waals surface area contributed by atoms with E-state index in [-0.39, 0.29) is 147 Å². The van der Waals surface area contributed by atoms with Gasteiger partial charge in [0.25, 0.3) is 6.47 Å². The van der Waals surface area contributed by atoms with Gasteiger partial charge in [-0.1, -0.05) is 31.1 Å². The molecular weight excluding hydrogens is 666 g/mol. The van der Waals surface area contributed by atoms with Gasteiger partial charge in [-0.2, -0.15) is 0 Å². The maximum Gasteiger partial charge on any atom is 1.00 e. The summed E-state index contributed by atoms with van der Waals surface area (Å²) >= 11 is 9.49. The molecule has 40 heavy (non-hydrogen) atoms. The SMILES string of the molecule is C/C(CCl)=N/O.CC(=O)C[ClH+].CCN(CC)CC.CC[N+](CC)(CC)C/C(C)=N\O.Cl.NO.O=CO[O-].[Cl-].[H-].[K+].[K+]. The fraction of sp³-hybridized carbons (Fsp3) is 0.818. The van der Waals surface area contributed by atoms with Gasteiger partial charge in [-0.25, -0.2) is 5.90 Å². The summed E-state index contributed by atoms with van der Waals surface area (Å²) in [5, 5.41) is 37.3. The van der Waals surface area contributed by atoms with Crippen LogP contribution >= 0.6 is 24.0 Å². The quantitative estimate of drug-likeness (QED) is 0.0236. The summed E-state index contributed by atoms with van der Waals surface area (Å²) < 4.78 is 1.01. The van der Waals surface area contributed by atoms with Crippen molar-refractivity contribution in [2.75, 3.05) is 57.6 Å². The third kappa shape index (κ3) is 63.5. The second-order valence-corrected chi connectivity index (χ2v) is 7.47. The maximum absolute atomic E-state index is 9.71. The largest absolute Gasteiger partial charge is 1.00 e. The maximum atomic E-state index is 9.71. The molecule has 5 N–H and O–H groups in total. The average molecular weight is 721 g/mol. The van der Waals surface area contributed by atoms with Crippen molar-refractivity contribution in [2.24, 2.45) is 16.2 Å². The zero-order valence-corrected chi connectivity index (χ0v) is 35.7. The Hall–Kier alpha value is 2.31. The molecule has 0 bridgehead atoms. The van der Waals surface area contributed by atoms with Crippen LogP contribution in [0.5, 0.6) is 0 Å². The van der Waals surface area contributed by atoms with E-state index in [1.54, 1.807) is 6.92 Å². The Balaban J connectivity index is -0.0000000305. The third-order valence-electron chi connectivity index (χ3n) is 4.70. The number of carbonyl (C=O) groups is 2. The molecule has 0 amide bonds. The minimum atomic E-state index is -0.181. The molecule has 12 nitrogen and oxygen atoms in total.